The van der Waals surface area contributed by atoms with E-state index in [1.165, 1.54) is 37.4 Å². The topological polar surface area (TPSA) is 186 Å². The predicted molar refractivity (Wildman–Crippen MR) is 130 cm³/mol. The fraction of sp³-hybridized carbons (Fsp3) is 0.240. The summed E-state index contributed by atoms with van der Waals surface area (Å²) in [5, 5.41) is 63.0. The van der Waals surface area contributed by atoms with Gasteiger partial charge in [-0.1, -0.05) is 6.07 Å². The van der Waals surface area contributed by atoms with Gasteiger partial charge in [0.1, 0.15) is 23.5 Å². The van der Waals surface area contributed by atoms with Crippen LogP contribution in [-0.2, 0) is 11.2 Å². The fourth-order valence-electron chi connectivity index (χ4n) is 2.84. The molecule has 0 aliphatic carbocycles. The Morgan fingerprint density at radius 2 is 1.36 bits per heavy atom. The number of rotatable bonds is 2. The molecule has 0 spiro atoms. The first-order valence-electron chi connectivity index (χ1n) is 10.4. The minimum atomic E-state index is -0.615. The quantitative estimate of drug-likeness (QED) is 0.199. The van der Waals surface area contributed by atoms with Crippen LogP contribution in [0, 0.1) is 0 Å². The van der Waals surface area contributed by atoms with Gasteiger partial charge < -0.3 is 50.0 Å². The van der Waals surface area contributed by atoms with Gasteiger partial charge in [-0.15, -0.1) is 0 Å². The molecule has 11 heteroatoms. The molecule has 0 radical (unpaired) electrons. The van der Waals surface area contributed by atoms with Gasteiger partial charge in [-0.25, -0.2) is 0 Å². The fourth-order valence-corrected chi connectivity index (χ4v) is 2.84. The number of methoxy groups -OCH3 is 2. The van der Waals surface area contributed by atoms with E-state index in [-0.39, 0.29) is 34.3 Å². The zero-order valence-corrected chi connectivity index (χ0v) is 20.0. The molecule has 36 heavy (non-hydrogen) atoms. The highest BCUT2D eigenvalue weighted by Gasteiger charge is 2.15. The number of benzene rings is 3. The molecule has 0 saturated heterocycles. The summed E-state index contributed by atoms with van der Waals surface area (Å²) in [6.45, 7) is 0.663. The van der Waals surface area contributed by atoms with E-state index in [1.54, 1.807) is 14.2 Å². The van der Waals surface area contributed by atoms with E-state index < -0.39 is 17.2 Å². The number of phenols is 7. The lowest BCUT2D eigenvalue weighted by molar-refractivity contribution is 0.112. The van der Waals surface area contributed by atoms with E-state index in [0.29, 0.717) is 18.6 Å². The summed E-state index contributed by atoms with van der Waals surface area (Å²) in [4.78, 5) is 10.1. The van der Waals surface area contributed by atoms with Gasteiger partial charge in [0.25, 0.3) is 0 Å². The second-order valence-electron chi connectivity index (χ2n) is 7.16. The van der Waals surface area contributed by atoms with Crippen molar-refractivity contribution in [2.75, 3.05) is 27.9 Å². The molecular formula is C25H30O11. The third kappa shape index (κ3) is 8.69. The molecule has 0 aromatic heterocycles. The van der Waals surface area contributed by atoms with Gasteiger partial charge in [0.2, 0.25) is 5.75 Å². The number of hydrogen-bond acceptors (Lipinski definition) is 11. The van der Waals surface area contributed by atoms with E-state index >= 15 is 0 Å². The lowest BCUT2D eigenvalue weighted by Gasteiger charge is -2.17. The number of hydrogen-bond donors (Lipinski definition) is 7. The molecule has 7 N–H and O–H groups in total. The third-order valence-corrected chi connectivity index (χ3v) is 4.40. The molecule has 4 rings (SSSR count). The van der Waals surface area contributed by atoms with Crippen molar-refractivity contribution in [1.29, 1.82) is 0 Å². The molecule has 1 heterocycles. The Hall–Kier alpha value is -4.51. The molecular weight excluding hydrogens is 476 g/mol. The van der Waals surface area contributed by atoms with Crippen LogP contribution in [0.15, 0.2) is 42.5 Å². The van der Waals surface area contributed by atoms with Gasteiger partial charge in [0.05, 0.1) is 13.7 Å². The normalized spacial score (nSPS) is 11.0. The highest BCUT2D eigenvalue weighted by molar-refractivity contribution is 5.78. The van der Waals surface area contributed by atoms with E-state index in [4.69, 9.17) is 35.4 Å². The van der Waals surface area contributed by atoms with Crippen LogP contribution >= 0.6 is 0 Å². The van der Waals surface area contributed by atoms with Gasteiger partial charge in [-0.05, 0) is 37.1 Å². The minimum Gasteiger partial charge on any atom is -0.508 e. The number of phenolic OH excluding ortho intramolecular Hbond substituents is 7. The first kappa shape index (κ1) is 29.5. The minimum absolute atomic E-state index is 0.0492. The van der Waals surface area contributed by atoms with Crippen LogP contribution in [0.1, 0.15) is 22.3 Å². The molecule has 1 aliphatic heterocycles. The lowest BCUT2D eigenvalue weighted by atomic mass is 10.1. The predicted octanol–water partition coefficient (Wildman–Crippen LogP) is 3.41. The van der Waals surface area contributed by atoms with Gasteiger partial charge in [-0.3, -0.25) is 4.79 Å². The number of fused-ring (bicyclic) bond motifs is 1. The van der Waals surface area contributed by atoms with Crippen LogP contribution in [0.25, 0.3) is 0 Å². The maximum absolute atomic E-state index is 10.1. The summed E-state index contributed by atoms with van der Waals surface area (Å²) in [5.41, 5.74) is 0.914. The standard InChI is InChI=1S/C9H10O3.C7H6O4.C7H8O3.C2H6O/c10-6-4-8(11)7-2-1-3-12-9(7)5-6;8-3-4-1-5(9)7(11)6(10)2-4;1-10-7-5(8)3-2-4-6(7)9;1-3-2/h4-5,10-11H,1-3H2;1-3,9-11H;2-4,8-9H,1H3;1-2H3. The van der Waals surface area contributed by atoms with Crippen molar-refractivity contribution in [3.63, 3.8) is 0 Å². The van der Waals surface area contributed by atoms with Gasteiger partial charge >= 0.3 is 0 Å². The molecule has 0 atom stereocenters. The number of para-hydroxylation sites is 1. The maximum atomic E-state index is 10.1. The van der Waals surface area contributed by atoms with Crippen LogP contribution in [-0.4, -0.2) is 70.0 Å². The first-order valence-corrected chi connectivity index (χ1v) is 10.4. The van der Waals surface area contributed by atoms with Crippen molar-refractivity contribution in [2.24, 2.45) is 0 Å². The summed E-state index contributed by atoms with van der Waals surface area (Å²) in [6.07, 6.45) is 2.20. The zero-order valence-electron chi connectivity index (χ0n) is 20.0. The SMILES string of the molecule is COC.COc1c(O)cccc1O.O=Cc1cc(O)c(O)c(O)c1.Oc1cc(O)c2c(c1)OCCC2. The second kappa shape index (κ2) is 14.7. The summed E-state index contributed by atoms with van der Waals surface area (Å²) >= 11 is 0. The summed E-state index contributed by atoms with van der Waals surface area (Å²) < 4.78 is 14.2. The number of carbonyl (C=O) groups excluding carboxylic acids is 1. The van der Waals surface area contributed by atoms with Crippen molar-refractivity contribution < 1.29 is 54.8 Å². The van der Waals surface area contributed by atoms with E-state index in [2.05, 4.69) is 9.47 Å². The molecule has 1 aliphatic rings. The summed E-state index contributed by atoms with van der Waals surface area (Å²) in [7, 11) is 4.63. The molecule has 0 amide bonds. The number of carbonyl (C=O) groups is 1. The maximum Gasteiger partial charge on any atom is 0.202 e. The van der Waals surface area contributed by atoms with Gasteiger partial charge in [-0.2, -0.15) is 0 Å². The monoisotopic (exact) mass is 506 g/mol. The largest absolute Gasteiger partial charge is 0.508 e. The average molecular weight is 507 g/mol. The van der Waals surface area contributed by atoms with Crippen LogP contribution < -0.4 is 9.47 Å². The Balaban J connectivity index is 0.000000257. The number of aromatic hydroxyl groups is 7. The van der Waals surface area contributed by atoms with Gasteiger partial charge in [0, 0.05) is 37.5 Å². The molecule has 0 saturated carbocycles. The van der Waals surface area contributed by atoms with E-state index in [9.17, 15) is 9.90 Å². The Bertz CT molecular complexity index is 1090. The van der Waals surface area contributed by atoms with Crippen molar-refractivity contribution in [3.05, 3.63) is 53.6 Å². The third-order valence-electron chi connectivity index (χ3n) is 4.40. The Kier molecular flexibility index (Phi) is 12.0. The van der Waals surface area contributed by atoms with E-state index in [1.807, 2.05) is 0 Å². The summed E-state index contributed by atoms with van der Waals surface area (Å²) in [5.74, 6) is -0.834. The van der Waals surface area contributed by atoms with E-state index in [0.717, 1.165) is 30.5 Å². The Morgan fingerprint density at radius 1 is 0.806 bits per heavy atom. The Morgan fingerprint density at radius 3 is 1.83 bits per heavy atom. The molecule has 3 aromatic carbocycles. The van der Waals surface area contributed by atoms with Crippen LogP contribution in [0.2, 0.25) is 0 Å². The number of ether oxygens (including phenoxy) is 3. The van der Waals surface area contributed by atoms with Crippen molar-refractivity contribution >= 4 is 6.29 Å². The first-order chi connectivity index (χ1) is 17.1. The lowest BCUT2D eigenvalue weighted by Crippen LogP contribution is -2.07. The van der Waals surface area contributed by atoms with Crippen molar-refractivity contribution in [2.45, 2.75) is 12.8 Å². The second-order valence-corrected chi connectivity index (χ2v) is 7.16. The molecule has 196 valence electrons. The number of aldehydes is 1. The van der Waals surface area contributed by atoms with Crippen LogP contribution in [0.4, 0.5) is 0 Å². The highest BCUT2D eigenvalue weighted by atomic mass is 16.5. The molecule has 0 bridgehead atoms. The molecule has 3 aromatic rings. The van der Waals surface area contributed by atoms with Gasteiger partial charge in [0.15, 0.2) is 28.7 Å². The zero-order chi connectivity index (χ0) is 27.3. The Labute approximate surface area is 207 Å². The highest BCUT2D eigenvalue weighted by Crippen LogP contribution is 2.36. The van der Waals surface area contributed by atoms with Crippen LogP contribution in [0.5, 0.6) is 51.7 Å². The average Bonchev–Trinajstić information content (AvgIpc) is 2.83. The molecule has 11 nitrogen and oxygen atoms in total. The smallest absolute Gasteiger partial charge is 0.202 e. The summed E-state index contributed by atoms with van der Waals surface area (Å²) in [6, 6.07) is 9.41. The van der Waals surface area contributed by atoms with Crippen LogP contribution in [0.3, 0.4) is 0 Å². The molecule has 0 fully saturated rings. The van der Waals surface area contributed by atoms with Crippen molar-refractivity contribution in [3.8, 4) is 51.7 Å². The molecule has 0 unspecified atom stereocenters. The van der Waals surface area contributed by atoms with Crippen molar-refractivity contribution in [1.82, 2.24) is 0 Å².